The van der Waals surface area contributed by atoms with Gasteiger partial charge in [-0.2, -0.15) is 0 Å². The van der Waals surface area contributed by atoms with Gasteiger partial charge in [0.2, 0.25) is 0 Å². The average Bonchev–Trinajstić information content (AvgIpc) is 2.80. The van der Waals surface area contributed by atoms with Crippen molar-refractivity contribution < 1.29 is 4.74 Å². The number of hydrogen-bond acceptors (Lipinski definition) is 4. The molecule has 2 aliphatic rings. The molecule has 1 aromatic heterocycles. The molecule has 3 rings (SSSR count). The number of anilines is 2. The summed E-state index contributed by atoms with van der Waals surface area (Å²) in [5.74, 6) is 1.06. The summed E-state index contributed by atoms with van der Waals surface area (Å²) in [6, 6.07) is 4.85. The topological polar surface area (TPSA) is 37.4 Å². The molecule has 0 radical (unpaired) electrons. The number of hydrogen-bond donors (Lipinski definition) is 1. The zero-order valence-electron chi connectivity index (χ0n) is 12.6. The summed E-state index contributed by atoms with van der Waals surface area (Å²) < 4.78 is 5.37. The molecule has 1 aromatic rings. The first-order valence-corrected chi connectivity index (χ1v) is 7.70. The van der Waals surface area contributed by atoms with Gasteiger partial charge in [0.15, 0.2) is 0 Å². The quantitative estimate of drug-likeness (QED) is 0.920. The molecular weight excluding hydrogens is 250 g/mol. The molecule has 2 heterocycles. The summed E-state index contributed by atoms with van der Waals surface area (Å²) in [4.78, 5) is 6.88. The van der Waals surface area contributed by atoms with Crippen molar-refractivity contribution in [1.29, 1.82) is 0 Å². The summed E-state index contributed by atoms with van der Waals surface area (Å²) in [6.45, 7) is 8.20. The van der Waals surface area contributed by atoms with E-state index in [0.717, 1.165) is 37.8 Å². The first-order valence-electron chi connectivity index (χ1n) is 7.70. The molecule has 1 unspecified atom stereocenters. The summed E-state index contributed by atoms with van der Waals surface area (Å²) in [7, 11) is 0. The van der Waals surface area contributed by atoms with Crippen LogP contribution in [0.5, 0.6) is 0 Å². The number of nitrogens with zero attached hydrogens (tertiary/aromatic N) is 2. The van der Waals surface area contributed by atoms with Gasteiger partial charge in [-0.3, -0.25) is 0 Å². The average molecular weight is 275 g/mol. The first kappa shape index (κ1) is 13.7. The molecule has 0 aromatic carbocycles. The summed E-state index contributed by atoms with van der Waals surface area (Å²) >= 11 is 0. The van der Waals surface area contributed by atoms with Crippen LogP contribution in [0.4, 0.5) is 11.5 Å². The van der Waals surface area contributed by atoms with Crippen molar-refractivity contribution in [1.82, 2.24) is 4.98 Å². The third kappa shape index (κ3) is 2.90. The van der Waals surface area contributed by atoms with Crippen LogP contribution in [-0.2, 0) is 4.74 Å². The van der Waals surface area contributed by atoms with E-state index in [-0.39, 0.29) is 0 Å². The number of rotatable bonds is 3. The molecule has 110 valence electrons. The lowest BCUT2D eigenvalue weighted by Crippen LogP contribution is -2.36. The fourth-order valence-corrected chi connectivity index (χ4v) is 3.25. The van der Waals surface area contributed by atoms with Crippen molar-refractivity contribution in [2.75, 3.05) is 36.5 Å². The van der Waals surface area contributed by atoms with Crippen molar-refractivity contribution in [3.8, 4) is 0 Å². The number of aromatic nitrogens is 1. The molecule has 20 heavy (non-hydrogen) atoms. The van der Waals surface area contributed by atoms with E-state index in [2.05, 4.69) is 41.2 Å². The molecule has 4 heteroatoms. The van der Waals surface area contributed by atoms with E-state index in [4.69, 9.17) is 4.74 Å². The van der Waals surface area contributed by atoms with E-state index in [9.17, 15) is 0 Å². The second-order valence-electron chi connectivity index (χ2n) is 6.58. The van der Waals surface area contributed by atoms with Gasteiger partial charge in [0, 0.05) is 19.1 Å². The summed E-state index contributed by atoms with van der Waals surface area (Å²) in [6.07, 6.45) is 5.87. The SMILES string of the molecule is CC1(C)CCCC1Nc1ccc(N2CCOCC2)nc1. The Balaban J connectivity index is 1.64. The van der Waals surface area contributed by atoms with Gasteiger partial charge >= 0.3 is 0 Å². The van der Waals surface area contributed by atoms with Crippen molar-refractivity contribution in [2.24, 2.45) is 5.41 Å². The van der Waals surface area contributed by atoms with Crippen molar-refractivity contribution in [2.45, 2.75) is 39.2 Å². The Morgan fingerprint density at radius 2 is 2.10 bits per heavy atom. The van der Waals surface area contributed by atoms with E-state index >= 15 is 0 Å². The molecule has 1 atom stereocenters. The van der Waals surface area contributed by atoms with Gasteiger partial charge in [-0.15, -0.1) is 0 Å². The Bertz CT molecular complexity index is 438. The van der Waals surface area contributed by atoms with E-state index in [1.165, 1.54) is 19.3 Å². The van der Waals surface area contributed by atoms with Gasteiger partial charge in [-0.25, -0.2) is 4.98 Å². The van der Waals surface area contributed by atoms with Crippen LogP contribution in [0.25, 0.3) is 0 Å². The maximum Gasteiger partial charge on any atom is 0.128 e. The number of nitrogens with one attached hydrogen (secondary N) is 1. The second kappa shape index (κ2) is 5.60. The Morgan fingerprint density at radius 1 is 1.30 bits per heavy atom. The molecule has 1 aliphatic carbocycles. The van der Waals surface area contributed by atoms with Gasteiger partial charge in [0.1, 0.15) is 5.82 Å². The van der Waals surface area contributed by atoms with Crippen LogP contribution >= 0.6 is 0 Å². The second-order valence-corrected chi connectivity index (χ2v) is 6.58. The molecule has 0 spiro atoms. The van der Waals surface area contributed by atoms with Crippen molar-refractivity contribution >= 4 is 11.5 Å². The van der Waals surface area contributed by atoms with Crippen molar-refractivity contribution in [3.63, 3.8) is 0 Å². The van der Waals surface area contributed by atoms with Crippen LogP contribution in [-0.4, -0.2) is 37.3 Å². The highest BCUT2D eigenvalue weighted by molar-refractivity contribution is 5.49. The molecule has 1 saturated carbocycles. The fourth-order valence-electron chi connectivity index (χ4n) is 3.25. The predicted molar refractivity (Wildman–Crippen MR) is 82.3 cm³/mol. The minimum Gasteiger partial charge on any atom is -0.381 e. The van der Waals surface area contributed by atoms with E-state index < -0.39 is 0 Å². The zero-order valence-corrected chi connectivity index (χ0v) is 12.6. The molecule has 0 amide bonds. The van der Waals surface area contributed by atoms with Crippen LogP contribution < -0.4 is 10.2 Å². The molecule has 1 N–H and O–H groups in total. The van der Waals surface area contributed by atoms with Gasteiger partial charge in [0.25, 0.3) is 0 Å². The molecular formula is C16H25N3O. The lowest BCUT2D eigenvalue weighted by Gasteiger charge is -2.30. The minimum atomic E-state index is 0.392. The number of pyridine rings is 1. The Hall–Kier alpha value is -1.29. The molecule has 1 aliphatic heterocycles. The maximum atomic E-state index is 5.37. The van der Waals surface area contributed by atoms with Crippen LogP contribution in [0.15, 0.2) is 18.3 Å². The van der Waals surface area contributed by atoms with E-state index in [1.807, 2.05) is 6.20 Å². The smallest absolute Gasteiger partial charge is 0.128 e. The summed E-state index contributed by atoms with van der Waals surface area (Å²) in [5, 5.41) is 3.66. The van der Waals surface area contributed by atoms with Gasteiger partial charge in [-0.1, -0.05) is 20.3 Å². The van der Waals surface area contributed by atoms with E-state index in [1.54, 1.807) is 0 Å². The first-order chi connectivity index (χ1) is 9.65. The molecule has 4 nitrogen and oxygen atoms in total. The minimum absolute atomic E-state index is 0.392. The Labute approximate surface area is 121 Å². The normalized spacial score (nSPS) is 25.7. The van der Waals surface area contributed by atoms with E-state index in [0.29, 0.717) is 11.5 Å². The Morgan fingerprint density at radius 3 is 2.70 bits per heavy atom. The fraction of sp³-hybridized carbons (Fsp3) is 0.688. The van der Waals surface area contributed by atoms with Crippen LogP contribution in [0.2, 0.25) is 0 Å². The third-order valence-electron chi connectivity index (χ3n) is 4.68. The van der Waals surface area contributed by atoms with Gasteiger partial charge in [-0.05, 0) is 30.4 Å². The highest BCUT2D eigenvalue weighted by Gasteiger charge is 2.34. The van der Waals surface area contributed by atoms with Gasteiger partial charge < -0.3 is 15.0 Å². The monoisotopic (exact) mass is 275 g/mol. The highest BCUT2D eigenvalue weighted by atomic mass is 16.5. The third-order valence-corrected chi connectivity index (χ3v) is 4.68. The number of morpholine rings is 1. The highest BCUT2D eigenvalue weighted by Crippen LogP contribution is 2.38. The maximum absolute atomic E-state index is 5.37. The van der Waals surface area contributed by atoms with Crippen LogP contribution in [0, 0.1) is 5.41 Å². The molecule has 1 saturated heterocycles. The number of ether oxygens (including phenoxy) is 1. The standard InChI is InChI=1S/C16H25N3O/c1-16(2)7-3-4-14(16)18-13-5-6-15(17-12-13)19-8-10-20-11-9-19/h5-6,12,14,18H,3-4,7-11H2,1-2H3. The summed E-state index contributed by atoms with van der Waals surface area (Å²) in [5.41, 5.74) is 1.53. The van der Waals surface area contributed by atoms with Crippen LogP contribution in [0.3, 0.4) is 0 Å². The van der Waals surface area contributed by atoms with Crippen molar-refractivity contribution in [3.05, 3.63) is 18.3 Å². The molecule has 2 fully saturated rings. The lowest BCUT2D eigenvalue weighted by molar-refractivity contribution is 0.122. The Kier molecular flexibility index (Phi) is 3.83. The largest absolute Gasteiger partial charge is 0.381 e. The lowest BCUT2D eigenvalue weighted by atomic mass is 9.87. The van der Waals surface area contributed by atoms with Gasteiger partial charge in [0.05, 0.1) is 25.1 Å². The zero-order chi connectivity index (χ0) is 14.0. The predicted octanol–water partition coefficient (Wildman–Crippen LogP) is 2.91. The van der Waals surface area contributed by atoms with Crippen LogP contribution in [0.1, 0.15) is 33.1 Å². The molecule has 0 bridgehead atoms.